The summed E-state index contributed by atoms with van der Waals surface area (Å²) in [7, 11) is 0. The van der Waals surface area contributed by atoms with Gasteiger partial charge in [0.15, 0.2) is 0 Å². The van der Waals surface area contributed by atoms with Crippen LogP contribution >= 0.6 is 0 Å². The van der Waals surface area contributed by atoms with Crippen molar-refractivity contribution in [3.8, 4) is 0 Å². The number of nitrogens with zero attached hydrogens (tertiary/aromatic N) is 2. The Morgan fingerprint density at radius 2 is 2.47 bits per heavy atom. The highest BCUT2D eigenvalue weighted by Crippen LogP contribution is 2.24. The van der Waals surface area contributed by atoms with E-state index in [-0.39, 0.29) is 0 Å². The number of hydrogen-bond acceptors (Lipinski definition) is 3. The zero-order valence-electron chi connectivity index (χ0n) is 10.7. The first-order valence-corrected chi connectivity index (χ1v) is 6.54. The van der Waals surface area contributed by atoms with Crippen LogP contribution in [0.15, 0.2) is 6.07 Å². The van der Waals surface area contributed by atoms with Crippen molar-refractivity contribution in [1.29, 1.82) is 0 Å². The van der Waals surface area contributed by atoms with Gasteiger partial charge in [-0.1, -0.05) is 0 Å². The lowest BCUT2D eigenvalue weighted by Crippen LogP contribution is -2.11. The van der Waals surface area contributed by atoms with E-state index in [1.165, 1.54) is 0 Å². The number of aromatic nitrogens is 2. The third kappa shape index (κ3) is 3.07. The standard InChI is InChI=1S/C13H22N2O2/c1-3-15-12(9-10(2)14-15)13(16)7-6-11-5-4-8-17-11/h9,11,13,16H,3-8H2,1-2H3. The molecule has 4 heteroatoms. The third-order valence-electron chi connectivity index (χ3n) is 3.36. The first-order valence-electron chi connectivity index (χ1n) is 6.54. The highest BCUT2D eigenvalue weighted by atomic mass is 16.5. The molecule has 1 fully saturated rings. The molecule has 1 N–H and O–H groups in total. The second-order valence-electron chi connectivity index (χ2n) is 4.75. The van der Waals surface area contributed by atoms with E-state index < -0.39 is 6.10 Å². The van der Waals surface area contributed by atoms with E-state index in [1.54, 1.807) is 0 Å². The van der Waals surface area contributed by atoms with Gasteiger partial charge >= 0.3 is 0 Å². The summed E-state index contributed by atoms with van der Waals surface area (Å²) in [5, 5.41) is 14.5. The summed E-state index contributed by atoms with van der Waals surface area (Å²) < 4.78 is 7.45. The molecule has 1 aromatic heterocycles. The molecule has 2 heterocycles. The summed E-state index contributed by atoms with van der Waals surface area (Å²) in [6.45, 7) is 5.69. The summed E-state index contributed by atoms with van der Waals surface area (Å²) in [4.78, 5) is 0. The molecule has 0 bridgehead atoms. The molecule has 17 heavy (non-hydrogen) atoms. The molecule has 0 spiro atoms. The normalized spacial score (nSPS) is 21.9. The number of rotatable bonds is 5. The zero-order valence-corrected chi connectivity index (χ0v) is 10.7. The van der Waals surface area contributed by atoms with Crippen LogP contribution in [0.1, 0.15) is 50.1 Å². The SMILES string of the molecule is CCn1nc(C)cc1C(O)CCC1CCCO1. The Bertz CT molecular complexity index is 356. The summed E-state index contributed by atoms with van der Waals surface area (Å²) in [5.41, 5.74) is 1.90. The molecule has 4 nitrogen and oxygen atoms in total. The number of aryl methyl sites for hydroxylation is 2. The molecule has 0 amide bonds. The van der Waals surface area contributed by atoms with Crippen molar-refractivity contribution >= 4 is 0 Å². The lowest BCUT2D eigenvalue weighted by molar-refractivity contribution is 0.0789. The first kappa shape index (κ1) is 12.6. The first-order chi connectivity index (χ1) is 8.20. The van der Waals surface area contributed by atoms with Crippen molar-refractivity contribution in [3.05, 3.63) is 17.5 Å². The van der Waals surface area contributed by atoms with Gasteiger partial charge in [-0.2, -0.15) is 5.10 Å². The minimum absolute atomic E-state index is 0.351. The lowest BCUT2D eigenvalue weighted by atomic mass is 10.1. The number of hydrogen-bond donors (Lipinski definition) is 1. The molecule has 2 rings (SSSR count). The van der Waals surface area contributed by atoms with Crippen LogP contribution in [0.25, 0.3) is 0 Å². The fourth-order valence-corrected chi connectivity index (χ4v) is 2.45. The summed E-state index contributed by atoms with van der Waals surface area (Å²) in [6, 6.07) is 1.98. The maximum absolute atomic E-state index is 10.2. The van der Waals surface area contributed by atoms with E-state index in [9.17, 15) is 5.11 Å². The van der Waals surface area contributed by atoms with E-state index in [0.29, 0.717) is 6.10 Å². The molecule has 0 saturated carbocycles. The molecule has 2 atom stereocenters. The van der Waals surface area contributed by atoms with Crippen LogP contribution in [0.5, 0.6) is 0 Å². The van der Waals surface area contributed by atoms with Crippen LogP contribution in [0.4, 0.5) is 0 Å². The highest BCUT2D eigenvalue weighted by molar-refractivity contribution is 5.11. The number of aliphatic hydroxyl groups is 1. The predicted octanol–water partition coefficient (Wildman–Crippen LogP) is 2.20. The van der Waals surface area contributed by atoms with E-state index in [2.05, 4.69) is 5.10 Å². The van der Waals surface area contributed by atoms with E-state index >= 15 is 0 Å². The largest absolute Gasteiger partial charge is 0.387 e. The maximum Gasteiger partial charge on any atom is 0.0957 e. The zero-order chi connectivity index (χ0) is 12.3. The molecule has 0 aromatic carbocycles. The monoisotopic (exact) mass is 238 g/mol. The van der Waals surface area contributed by atoms with Gasteiger partial charge in [0.25, 0.3) is 0 Å². The van der Waals surface area contributed by atoms with Gasteiger partial charge in [0.1, 0.15) is 0 Å². The quantitative estimate of drug-likeness (QED) is 0.855. The molecular formula is C13H22N2O2. The molecule has 0 radical (unpaired) electrons. The number of aliphatic hydroxyl groups excluding tert-OH is 1. The van der Waals surface area contributed by atoms with Crippen molar-refractivity contribution < 1.29 is 9.84 Å². The second-order valence-corrected chi connectivity index (χ2v) is 4.75. The van der Waals surface area contributed by atoms with Crippen molar-refractivity contribution in [2.75, 3.05) is 6.61 Å². The predicted molar refractivity (Wildman–Crippen MR) is 65.8 cm³/mol. The molecule has 1 aliphatic heterocycles. The van der Waals surface area contributed by atoms with Crippen molar-refractivity contribution in [3.63, 3.8) is 0 Å². The van der Waals surface area contributed by atoms with Gasteiger partial charge in [-0.05, 0) is 45.6 Å². The topological polar surface area (TPSA) is 47.3 Å². The molecule has 96 valence electrons. The molecule has 0 aliphatic carbocycles. The van der Waals surface area contributed by atoms with Crippen LogP contribution in [0.3, 0.4) is 0 Å². The Hall–Kier alpha value is -0.870. The van der Waals surface area contributed by atoms with Crippen LogP contribution in [-0.4, -0.2) is 27.6 Å². The van der Waals surface area contributed by atoms with E-state index in [0.717, 1.165) is 50.2 Å². The second kappa shape index (κ2) is 5.65. The summed E-state index contributed by atoms with van der Waals surface area (Å²) in [6.07, 6.45) is 3.93. The highest BCUT2D eigenvalue weighted by Gasteiger charge is 2.19. The van der Waals surface area contributed by atoms with Crippen LogP contribution in [0, 0.1) is 6.92 Å². The maximum atomic E-state index is 10.2. The minimum atomic E-state index is -0.416. The van der Waals surface area contributed by atoms with Crippen LogP contribution in [-0.2, 0) is 11.3 Å². The van der Waals surface area contributed by atoms with Crippen LogP contribution < -0.4 is 0 Å². The van der Waals surface area contributed by atoms with Gasteiger partial charge in [-0.15, -0.1) is 0 Å². The van der Waals surface area contributed by atoms with Crippen molar-refractivity contribution in [2.24, 2.45) is 0 Å². The summed E-state index contributed by atoms with van der Waals surface area (Å²) >= 11 is 0. The molecule has 1 saturated heterocycles. The fourth-order valence-electron chi connectivity index (χ4n) is 2.45. The number of ether oxygens (including phenoxy) is 1. The molecule has 1 aromatic rings. The Morgan fingerprint density at radius 1 is 1.65 bits per heavy atom. The van der Waals surface area contributed by atoms with Gasteiger partial charge in [0.2, 0.25) is 0 Å². The molecular weight excluding hydrogens is 216 g/mol. The fraction of sp³-hybridized carbons (Fsp3) is 0.769. The minimum Gasteiger partial charge on any atom is -0.387 e. The van der Waals surface area contributed by atoms with Gasteiger partial charge in [-0.25, -0.2) is 0 Å². The van der Waals surface area contributed by atoms with Gasteiger partial charge in [-0.3, -0.25) is 4.68 Å². The molecule has 1 aliphatic rings. The van der Waals surface area contributed by atoms with Gasteiger partial charge in [0, 0.05) is 13.2 Å². The van der Waals surface area contributed by atoms with Crippen molar-refractivity contribution in [2.45, 2.75) is 58.3 Å². The average molecular weight is 238 g/mol. The Morgan fingerprint density at radius 3 is 3.12 bits per heavy atom. The van der Waals surface area contributed by atoms with Gasteiger partial charge in [0.05, 0.1) is 23.6 Å². The Balaban J connectivity index is 1.91. The Kier molecular flexibility index (Phi) is 4.18. The van der Waals surface area contributed by atoms with Crippen molar-refractivity contribution in [1.82, 2.24) is 9.78 Å². The van der Waals surface area contributed by atoms with E-state index in [4.69, 9.17) is 4.74 Å². The average Bonchev–Trinajstić information content (AvgIpc) is 2.94. The molecule has 2 unspecified atom stereocenters. The lowest BCUT2D eigenvalue weighted by Gasteiger charge is -2.14. The summed E-state index contributed by atoms with van der Waals surface area (Å²) in [5.74, 6) is 0. The Labute approximate surface area is 103 Å². The van der Waals surface area contributed by atoms with E-state index in [1.807, 2.05) is 24.6 Å². The van der Waals surface area contributed by atoms with Gasteiger partial charge < -0.3 is 9.84 Å². The third-order valence-corrected chi connectivity index (χ3v) is 3.36. The van der Waals surface area contributed by atoms with Crippen LogP contribution in [0.2, 0.25) is 0 Å². The smallest absolute Gasteiger partial charge is 0.0957 e.